The number of nitrogens with zero attached hydrogens (tertiary/aromatic N) is 2. The van der Waals surface area contributed by atoms with Crippen LogP contribution in [-0.4, -0.2) is 36.3 Å². The number of aryl methyl sites for hydroxylation is 1. The molecule has 16 heavy (non-hydrogen) atoms. The van der Waals surface area contributed by atoms with E-state index in [9.17, 15) is 4.79 Å². The number of hydrogen-bond donors (Lipinski definition) is 1. The van der Waals surface area contributed by atoms with Crippen molar-refractivity contribution in [1.29, 1.82) is 0 Å². The maximum atomic E-state index is 10.9. The Hall–Kier alpha value is -1.14. The molecule has 2 rings (SSSR count). The molecule has 0 bridgehead atoms. The number of methoxy groups -OCH3 is 1. The average molecular weight is 248 g/mol. The van der Waals surface area contributed by atoms with Gasteiger partial charge >= 0.3 is 5.97 Å². The molecule has 0 saturated carbocycles. The number of rotatable bonds is 4. The Morgan fingerprint density at radius 1 is 1.62 bits per heavy atom. The van der Waals surface area contributed by atoms with Crippen molar-refractivity contribution in [2.45, 2.75) is 18.8 Å². The number of esters is 1. The molecule has 0 spiro atoms. The van der Waals surface area contributed by atoms with E-state index in [1.165, 1.54) is 7.11 Å². The first kappa shape index (κ1) is 12.9. The van der Waals surface area contributed by atoms with Crippen LogP contribution in [0.4, 0.5) is 0 Å². The second-order valence-corrected chi connectivity index (χ2v) is 3.48. The van der Waals surface area contributed by atoms with Crippen molar-refractivity contribution in [3.05, 3.63) is 11.7 Å². The van der Waals surface area contributed by atoms with Crippen LogP contribution in [0.25, 0.3) is 0 Å². The molecule has 90 valence electrons. The Bertz CT molecular complexity index is 352. The molecule has 0 atom stereocenters. The van der Waals surface area contributed by atoms with E-state index >= 15 is 0 Å². The van der Waals surface area contributed by atoms with Crippen LogP contribution < -0.4 is 5.32 Å². The lowest BCUT2D eigenvalue weighted by molar-refractivity contribution is -0.140. The summed E-state index contributed by atoms with van der Waals surface area (Å²) >= 11 is 0. The minimum absolute atomic E-state index is 0. The molecule has 6 nitrogen and oxygen atoms in total. The highest BCUT2D eigenvalue weighted by molar-refractivity contribution is 5.85. The summed E-state index contributed by atoms with van der Waals surface area (Å²) in [5.74, 6) is 1.33. The van der Waals surface area contributed by atoms with Gasteiger partial charge in [-0.05, 0) is 0 Å². The van der Waals surface area contributed by atoms with Gasteiger partial charge in [0.1, 0.15) is 0 Å². The summed E-state index contributed by atoms with van der Waals surface area (Å²) in [5.41, 5.74) is 0. The van der Waals surface area contributed by atoms with Crippen molar-refractivity contribution < 1.29 is 14.1 Å². The fraction of sp³-hybridized carbons (Fsp3) is 0.667. The molecule has 0 unspecified atom stereocenters. The van der Waals surface area contributed by atoms with Crippen molar-refractivity contribution in [2.75, 3.05) is 20.2 Å². The number of aromatic nitrogens is 2. The van der Waals surface area contributed by atoms with Gasteiger partial charge in [-0.2, -0.15) is 4.98 Å². The molecule has 0 aliphatic carbocycles. The van der Waals surface area contributed by atoms with E-state index in [1.807, 2.05) is 0 Å². The molecular formula is C9H14ClN3O3. The summed E-state index contributed by atoms with van der Waals surface area (Å²) in [7, 11) is 1.36. The van der Waals surface area contributed by atoms with Crippen LogP contribution in [0.5, 0.6) is 0 Å². The summed E-state index contributed by atoms with van der Waals surface area (Å²) < 4.78 is 9.54. The van der Waals surface area contributed by atoms with E-state index in [-0.39, 0.29) is 24.8 Å². The number of carbonyl (C=O) groups excluding carboxylic acids is 1. The Kier molecular flexibility index (Phi) is 4.70. The van der Waals surface area contributed by atoms with Crippen LogP contribution >= 0.6 is 12.4 Å². The van der Waals surface area contributed by atoms with Gasteiger partial charge < -0.3 is 14.6 Å². The second kappa shape index (κ2) is 5.81. The smallest absolute Gasteiger partial charge is 0.306 e. The molecule has 0 aromatic carbocycles. The third-order valence-corrected chi connectivity index (χ3v) is 2.40. The first-order valence-electron chi connectivity index (χ1n) is 4.89. The molecule has 1 fully saturated rings. The van der Waals surface area contributed by atoms with Gasteiger partial charge in [-0.1, -0.05) is 5.16 Å². The highest BCUT2D eigenvalue weighted by Crippen LogP contribution is 2.16. The molecule has 1 aromatic rings. The van der Waals surface area contributed by atoms with Crippen molar-refractivity contribution >= 4 is 18.4 Å². The van der Waals surface area contributed by atoms with E-state index in [2.05, 4.69) is 20.2 Å². The Balaban J connectivity index is 0.00000128. The molecule has 2 heterocycles. The van der Waals surface area contributed by atoms with Crippen LogP contribution in [-0.2, 0) is 16.0 Å². The highest BCUT2D eigenvalue weighted by atomic mass is 35.5. The van der Waals surface area contributed by atoms with E-state index in [4.69, 9.17) is 4.52 Å². The maximum absolute atomic E-state index is 10.9. The predicted octanol–water partition coefficient (Wildman–Crippen LogP) is 0.284. The zero-order valence-electron chi connectivity index (χ0n) is 8.93. The summed E-state index contributed by atoms with van der Waals surface area (Å²) in [6.45, 7) is 1.80. The number of nitrogens with one attached hydrogen (secondary N) is 1. The Morgan fingerprint density at radius 2 is 2.38 bits per heavy atom. The number of ether oxygens (including phenoxy) is 1. The number of carbonyl (C=O) groups is 1. The SMILES string of the molecule is COC(=O)CCc1nc(C2CNC2)no1.Cl. The topological polar surface area (TPSA) is 77.2 Å². The third kappa shape index (κ3) is 2.93. The van der Waals surface area contributed by atoms with E-state index in [0.717, 1.165) is 18.9 Å². The fourth-order valence-corrected chi connectivity index (χ4v) is 1.32. The summed E-state index contributed by atoms with van der Waals surface area (Å²) in [4.78, 5) is 15.1. The fourth-order valence-electron chi connectivity index (χ4n) is 1.32. The molecule has 1 aromatic heterocycles. The molecule has 1 N–H and O–H groups in total. The minimum Gasteiger partial charge on any atom is -0.469 e. The van der Waals surface area contributed by atoms with Gasteiger partial charge in [0.2, 0.25) is 5.89 Å². The monoisotopic (exact) mass is 247 g/mol. The molecule has 0 radical (unpaired) electrons. The van der Waals surface area contributed by atoms with E-state index in [1.54, 1.807) is 0 Å². The van der Waals surface area contributed by atoms with Crippen LogP contribution in [0.15, 0.2) is 4.52 Å². The second-order valence-electron chi connectivity index (χ2n) is 3.48. The zero-order valence-corrected chi connectivity index (χ0v) is 9.75. The number of hydrogen-bond acceptors (Lipinski definition) is 6. The van der Waals surface area contributed by atoms with E-state index in [0.29, 0.717) is 18.2 Å². The maximum Gasteiger partial charge on any atom is 0.306 e. The predicted molar refractivity (Wildman–Crippen MR) is 57.5 cm³/mol. The van der Waals surface area contributed by atoms with Gasteiger partial charge in [-0.3, -0.25) is 4.79 Å². The lowest BCUT2D eigenvalue weighted by Gasteiger charge is -2.23. The molecule has 0 amide bonds. The lowest BCUT2D eigenvalue weighted by Crippen LogP contribution is -2.40. The van der Waals surface area contributed by atoms with Gasteiger partial charge in [0, 0.05) is 25.4 Å². The standard InChI is InChI=1S/C9H13N3O3.ClH/c1-14-8(13)3-2-7-11-9(12-15-7)6-4-10-5-6;/h6,10H,2-5H2,1H3;1H. The first-order chi connectivity index (χ1) is 7.29. The van der Waals surface area contributed by atoms with Crippen molar-refractivity contribution in [2.24, 2.45) is 0 Å². The molecule has 7 heteroatoms. The lowest BCUT2D eigenvalue weighted by atomic mass is 10.0. The molecule has 1 aliphatic heterocycles. The van der Waals surface area contributed by atoms with Crippen molar-refractivity contribution in [3.8, 4) is 0 Å². The van der Waals surface area contributed by atoms with Gasteiger partial charge in [-0.15, -0.1) is 12.4 Å². The normalized spacial score (nSPS) is 15.1. The van der Waals surface area contributed by atoms with Crippen LogP contribution in [0, 0.1) is 0 Å². The van der Waals surface area contributed by atoms with Crippen LogP contribution in [0.1, 0.15) is 24.1 Å². The van der Waals surface area contributed by atoms with Gasteiger partial charge in [0.25, 0.3) is 0 Å². The quantitative estimate of drug-likeness (QED) is 0.771. The van der Waals surface area contributed by atoms with Gasteiger partial charge in [-0.25, -0.2) is 0 Å². The largest absolute Gasteiger partial charge is 0.469 e. The zero-order chi connectivity index (χ0) is 10.7. The van der Waals surface area contributed by atoms with E-state index < -0.39 is 0 Å². The third-order valence-electron chi connectivity index (χ3n) is 2.40. The number of halogens is 1. The summed E-state index contributed by atoms with van der Waals surface area (Å²) in [6, 6.07) is 0. The van der Waals surface area contributed by atoms with Crippen LogP contribution in [0.3, 0.4) is 0 Å². The van der Waals surface area contributed by atoms with Gasteiger partial charge in [0.15, 0.2) is 5.82 Å². The van der Waals surface area contributed by atoms with Crippen molar-refractivity contribution in [3.63, 3.8) is 0 Å². The highest BCUT2D eigenvalue weighted by Gasteiger charge is 2.24. The summed E-state index contributed by atoms with van der Waals surface area (Å²) in [6.07, 6.45) is 0.723. The molecular weight excluding hydrogens is 234 g/mol. The molecule has 1 saturated heterocycles. The Labute approximate surface area is 99.1 Å². The molecule has 1 aliphatic rings. The minimum atomic E-state index is -0.264. The van der Waals surface area contributed by atoms with Crippen molar-refractivity contribution in [1.82, 2.24) is 15.5 Å². The van der Waals surface area contributed by atoms with Gasteiger partial charge in [0.05, 0.1) is 13.5 Å². The Morgan fingerprint density at radius 3 is 2.94 bits per heavy atom. The average Bonchev–Trinajstić information content (AvgIpc) is 2.60. The first-order valence-corrected chi connectivity index (χ1v) is 4.89. The summed E-state index contributed by atoms with van der Waals surface area (Å²) in [5, 5.41) is 7.00. The van der Waals surface area contributed by atoms with Crippen LogP contribution in [0.2, 0.25) is 0 Å².